The van der Waals surface area contributed by atoms with Crippen LogP contribution in [0.2, 0.25) is 18.1 Å². The van der Waals surface area contributed by atoms with Crippen LogP contribution < -0.4 is 0 Å². The lowest BCUT2D eigenvalue weighted by atomic mass is 9.43. The van der Waals surface area contributed by atoms with Gasteiger partial charge in [0.2, 0.25) is 0 Å². The molecule has 0 bridgehead atoms. The number of rotatable bonds is 2. The maximum absolute atomic E-state index is 13.1. The second-order valence-electron chi connectivity index (χ2n) is 13.2. The van der Waals surface area contributed by atoms with Crippen molar-refractivity contribution in [1.82, 2.24) is 0 Å². The van der Waals surface area contributed by atoms with Gasteiger partial charge in [-0.05, 0) is 79.3 Å². The Bertz CT molecular complexity index is 732. The number of ketones is 1. The molecule has 0 aromatic rings. The zero-order chi connectivity index (χ0) is 23.1. The second kappa shape index (κ2) is 7.36. The molecule has 4 aliphatic carbocycles. The molecule has 0 spiro atoms. The van der Waals surface area contributed by atoms with Gasteiger partial charge in [-0.1, -0.05) is 34.6 Å². The highest BCUT2D eigenvalue weighted by atomic mass is 28.4. The van der Waals surface area contributed by atoms with Crippen molar-refractivity contribution >= 4 is 14.1 Å². The van der Waals surface area contributed by atoms with Gasteiger partial charge < -0.3 is 19.7 Å². The number of fused-ring (bicyclic) bond motifs is 5. The van der Waals surface area contributed by atoms with Gasteiger partial charge in [0.15, 0.2) is 8.32 Å². The molecular weight excluding hydrogens is 408 g/mol. The Labute approximate surface area is 189 Å². The summed E-state index contributed by atoms with van der Waals surface area (Å²) in [6, 6.07) is 0. The molecule has 3 N–H and O–H groups in total. The number of hydrogen-bond donors (Lipinski definition) is 3. The average molecular weight is 453 g/mol. The van der Waals surface area contributed by atoms with Gasteiger partial charge in [-0.3, -0.25) is 4.79 Å². The van der Waals surface area contributed by atoms with Crippen LogP contribution in [0.3, 0.4) is 0 Å². The molecule has 0 saturated heterocycles. The number of carbonyl (C=O) groups is 1. The topological polar surface area (TPSA) is 87.0 Å². The first-order valence-corrected chi connectivity index (χ1v) is 15.3. The maximum atomic E-state index is 13.1. The molecule has 31 heavy (non-hydrogen) atoms. The van der Waals surface area contributed by atoms with Gasteiger partial charge in [-0.2, -0.15) is 0 Å². The summed E-state index contributed by atoms with van der Waals surface area (Å²) in [5.74, 6) is 0.221. The normalized spacial score (nSPS) is 50.6. The fraction of sp³-hybridized carbons (Fsp3) is 0.960. The van der Waals surface area contributed by atoms with Crippen molar-refractivity contribution in [1.29, 1.82) is 0 Å². The standard InChI is InChI=1S/C25H44O5Si/c1-23(2,3)31(6,7)30-17-13-25(5)15(8-9-18(25)27)19-20(17)24(4)11-10-14(26)12-16(24)21(28)22(19)29/h14-17,19-22,26,28-29H,8-13H2,1-7H3/t14-,15-,16+,17-,19-,20-,21+,22+,24-,25-/m0/s1. The molecule has 0 amide bonds. The van der Waals surface area contributed by atoms with E-state index in [-0.39, 0.29) is 40.2 Å². The van der Waals surface area contributed by atoms with Crippen molar-refractivity contribution in [2.45, 2.75) is 116 Å². The smallest absolute Gasteiger partial charge is 0.192 e. The molecule has 0 heterocycles. The van der Waals surface area contributed by atoms with Crippen LogP contribution in [0.25, 0.3) is 0 Å². The molecule has 0 radical (unpaired) electrons. The van der Waals surface area contributed by atoms with E-state index >= 15 is 0 Å². The predicted octanol–water partition coefficient (Wildman–Crippen LogP) is 3.90. The molecule has 6 heteroatoms. The van der Waals surface area contributed by atoms with Gasteiger partial charge >= 0.3 is 0 Å². The first-order chi connectivity index (χ1) is 14.1. The van der Waals surface area contributed by atoms with E-state index in [0.29, 0.717) is 18.6 Å². The molecule has 4 saturated carbocycles. The summed E-state index contributed by atoms with van der Waals surface area (Å²) in [5, 5.41) is 33.1. The summed E-state index contributed by atoms with van der Waals surface area (Å²) < 4.78 is 7.09. The number of Topliss-reactive ketones (excluding diaryl/α,β-unsaturated/α-hetero) is 1. The van der Waals surface area contributed by atoms with Gasteiger partial charge in [0.1, 0.15) is 5.78 Å². The number of carbonyl (C=O) groups excluding carboxylic acids is 1. The van der Waals surface area contributed by atoms with E-state index in [2.05, 4.69) is 47.7 Å². The molecule has 10 atom stereocenters. The van der Waals surface area contributed by atoms with Gasteiger partial charge in [0.25, 0.3) is 0 Å². The van der Waals surface area contributed by atoms with Crippen molar-refractivity contribution in [3.05, 3.63) is 0 Å². The summed E-state index contributed by atoms with van der Waals surface area (Å²) in [5.41, 5.74) is -0.686. The van der Waals surface area contributed by atoms with E-state index in [1.807, 2.05) is 0 Å². The average Bonchev–Trinajstić information content (AvgIpc) is 2.94. The van der Waals surface area contributed by atoms with E-state index in [9.17, 15) is 20.1 Å². The fourth-order valence-corrected chi connectivity index (χ4v) is 9.10. The third-order valence-electron chi connectivity index (χ3n) is 10.6. The Hall–Kier alpha value is -0.273. The molecule has 4 aliphatic rings. The van der Waals surface area contributed by atoms with Crippen molar-refractivity contribution in [2.75, 3.05) is 0 Å². The van der Waals surface area contributed by atoms with E-state index in [0.717, 1.165) is 25.7 Å². The molecule has 178 valence electrons. The highest BCUT2D eigenvalue weighted by Crippen LogP contribution is 2.66. The van der Waals surface area contributed by atoms with Crippen molar-refractivity contribution in [2.24, 2.45) is 34.5 Å². The van der Waals surface area contributed by atoms with Gasteiger partial charge in [0.05, 0.1) is 18.3 Å². The molecule has 0 aliphatic heterocycles. The zero-order valence-electron chi connectivity index (χ0n) is 20.5. The first kappa shape index (κ1) is 23.9. The van der Waals surface area contributed by atoms with E-state index in [4.69, 9.17) is 4.43 Å². The minimum Gasteiger partial charge on any atom is -0.414 e. The minimum atomic E-state index is -2.11. The molecule has 0 aromatic heterocycles. The van der Waals surface area contributed by atoms with Crippen LogP contribution in [-0.2, 0) is 9.22 Å². The molecule has 5 nitrogen and oxygen atoms in total. The first-order valence-electron chi connectivity index (χ1n) is 12.4. The highest BCUT2D eigenvalue weighted by molar-refractivity contribution is 6.74. The van der Waals surface area contributed by atoms with Crippen LogP contribution in [-0.4, -0.2) is 53.8 Å². The van der Waals surface area contributed by atoms with Crippen molar-refractivity contribution < 1.29 is 24.5 Å². The minimum absolute atomic E-state index is 0.0514. The third-order valence-corrected chi connectivity index (χ3v) is 15.1. The lowest BCUT2D eigenvalue weighted by Gasteiger charge is -2.65. The number of hydrogen-bond acceptors (Lipinski definition) is 5. The van der Waals surface area contributed by atoms with Gasteiger partial charge in [-0.25, -0.2) is 0 Å². The van der Waals surface area contributed by atoms with E-state index in [1.54, 1.807) is 0 Å². The quantitative estimate of drug-likeness (QED) is 0.553. The Kier molecular flexibility index (Phi) is 5.67. The Balaban J connectivity index is 1.81. The number of aliphatic hydroxyl groups excluding tert-OH is 3. The fourth-order valence-electron chi connectivity index (χ4n) is 7.76. The van der Waals surface area contributed by atoms with Crippen LogP contribution in [0.1, 0.15) is 73.1 Å². The summed E-state index contributed by atoms with van der Waals surface area (Å²) >= 11 is 0. The summed E-state index contributed by atoms with van der Waals surface area (Å²) in [4.78, 5) is 13.1. The van der Waals surface area contributed by atoms with Crippen LogP contribution in [0, 0.1) is 34.5 Å². The Morgan fingerprint density at radius 1 is 1.03 bits per heavy atom. The van der Waals surface area contributed by atoms with Gasteiger partial charge in [0, 0.05) is 17.9 Å². The predicted molar refractivity (Wildman–Crippen MR) is 123 cm³/mol. The lowest BCUT2D eigenvalue weighted by molar-refractivity contribution is -0.242. The summed E-state index contributed by atoms with van der Waals surface area (Å²) in [7, 11) is -2.11. The third kappa shape index (κ3) is 3.42. The zero-order valence-corrected chi connectivity index (χ0v) is 21.5. The second-order valence-corrected chi connectivity index (χ2v) is 18.0. The van der Waals surface area contributed by atoms with Crippen molar-refractivity contribution in [3.63, 3.8) is 0 Å². The maximum Gasteiger partial charge on any atom is 0.192 e. The monoisotopic (exact) mass is 452 g/mol. The molecule has 4 fully saturated rings. The van der Waals surface area contributed by atoms with Crippen LogP contribution in [0.15, 0.2) is 0 Å². The van der Waals surface area contributed by atoms with E-state index < -0.39 is 32.0 Å². The van der Waals surface area contributed by atoms with E-state index in [1.165, 1.54) is 0 Å². The molecule has 0 unspecified atom stereocenters. The van der Waals surface area contributed by atoms with Crippen LogP contribution in [0.4, 0.5) is 0 Å². The van der Waals surface area contributed by atoms with Crippen LogP contribution in [0.5, 0.6) is 0 Å². The molecular formula is C25H44O5Si. The van der Waals surface area contributed by atoms with Crippen molar-refractivity contribution in [3.8, 4) is 0 Å². The van der Waals surface area contributed by atoms with Crippen LogP contribution >= 0.6 is 0 Å². The summed E-state index contributed by atoms with van der Waals surface area (Å²) in [6.07, 6.45) is 1.95. The largest absolute Gasteiger partial charge is 0.414 e. The lowest BCUT2D eigenvalue weighted by Crippen LogP contribution is -2.68. The Morgan fingerprint density at radius 3 is 2.29 bits per heavy atom. The SMILES string of the molecule is CC(C)(C)[Si](C)(C)O[C@H]1C[C@]2(C)C(=O)CC[C@H]2[C@@H]2[C@@H](O)[C@H](O)[C@H]3C[C@@H](O)CC[C@]3(C)[C@H]21. The molecule has 0 aromatic carbocycles. The Morgan fingerprint density at radius 2 is 1.68 bits per heavy atom. The van der Waals surface area contributed by atoms with Gasteiger partial charge in [-0.15, -0.1) is 0 Å². The molecule has 4 rings (SSSR count). The summed E-state index contributed by atoms with van der Waals surface area (Å²) in [6.45, 7) is 15.6. The number of aliphatic hydroxyl groups is 3. The highest BCUT2D eigenvalue weighted by Gasteiger charge is 2.68.